The van der Waals surface area contributed by atoms with Crippen molar-refractivity contribution in [1.29, 1.82) is 0 Å². The van der Waals surface area contributed by atoms with Crippen LogP contribution in [0.2, 0.25) is 0 Å². The van der Waals surface area contributed by atoms with Gasteiger partial charge >= 0.3 is 11.9 Å². The first-order valence-electron chi connectivity index (χ1n) is 9.98. The molecule has 1 aliphatic rings. The molecule has 8 heteroatoms. The maximum atomic E-state index is 12.4. The summed E-state index contributed by atoms with van der Waals surface area (Å²) >= 11 is 0. The molecule has 2 amide bonds. The molecule has 1 aliphatic heterocycles. The topological polar surface area (TPSA) is 102 Å². The molecule has 1 saturated heterocycles. The van der Waals surface area contributed by atoms with Crippen molar-refractivity contribution in [2.75, 3.05) is 30.0 Å². The van der Waals surface area contributed by atoms with Crippen LogP contribution in [0, 0.1) is 12.8 Å². The normalized spacial score (nSPS) is 15.5. The molecule has 0 unspecified atom stereocenters. The van der Waals surface area contributed by atoms with Crippen LogP contribution in [-0.4, -0.2) is 43.5 Å². The van der Waals surface area contributed by atoms with Crippen LogP contribution in [0.1, 0.15) is 29.3 Å². The number of nitrogens with zero attached hydrogens (tertiary/aromatic N) is 1. The highest BCUT2D eigenvalue weighted by Crippen LogP contribution is 2.26. The predicted octanol–water partition coefficient (Wildman–Crippen LogP) is 2.71. The number of aryl methyl sites for hydroxylation is 1. The molecule has 8 nitrogen and oxygen atoms in total. The summed E-state index contributed by atoms with van der Waals surface area (Å²) in [4.78, 5) is 49.9. The van der Waals surface area contributed by atoms with Crippen LogP contribution in [0.3, 0.4) is 0 Å². The Balaban J connectivity index is 1.52. The summed E-state index contributed by atoms with van der Waals surface area (Å²) in [5.74, 6) is -2.38. The van der Waals surface area contributed by atoms with Gasteiger partial charge in [0.15, 0.2) is 6.61 Å². The van der Waals surface area contributed by atoms with E-state index in [-0.39, 0.29) is 25.5 Å². The van der Waals surface area contributed by atoms with Crippen molar-refractivity contribution >= 4 is 35.1 Å². The molecule has 0 aliphatic carbocycles. The van der Waals surface area contributed by atoms with E-state index in [0.29, 0.717) is 16.9 Å². The third-order valence-corrected chi connectivity index (χ3v) is 4.83. The van der Waals surface area contributed by atoms with Gasteiger partial charge in [-0.3, -0.25) is 14.4 Å². The standard InChI is InChI=1S/C23H24N2O6/c1-3-30-22(28)16-6-10-19(11-7-16)25-13-17(12-21(25)27)23(29)31-14-20(26)24-18-8-4-15(2)5-9-18/h4-11,17H,3,12-14H2,1-2H3,(H,24,26)/t17-/m1/s1. The second-order valence-electron chi connectivity index (χ2n) is 7.19. The molecule has 0 radical (unpaired) electrons. The number of hydrogen-bond donors (Lipinski definition) is 1. The largest absolute Gasteiger partial charge is 0.462 e. The Bertz CT molecular complexity index is 969. The summed E-state index contributed by atoms with van der Waals surface area (Å²) in [5, 5.41) is 2.65. The van der Waals surface area contributed by atoms with Crippen molar-refractivity contribution in [3.05, 3.63) is 59.7 Å². The third-order valence-electron chi connectivity index (χ3n) is 4.83. The fraction of sp³-hybridized carbons (Fsp3) is 0.304. The molecule has 2 aromatic carbocycles. The molecular weight excluding hydrogens is 400 g/mol. The predicted molar refractivity (Wildman–Crippen MR) is 114 cm³/mol. The second-order valence-corrected chi connectivity index (χ2v) is 7.19. The number of carbonyl (C=O) groups is 4. The van der Waals surface area contributed by atoms with Gasteiger partial charge in [0.2, 0.25) is 5.91 Å². The molecule has 1 heterocycles. The molecule has 1 fully saturated rings. The van der Waals surface area contributed by atoms with Crippen molar-refractivity contribution < 1.29 is 28.7 Å². The maximum Gasteiger partial charge on any atom is 0.338 e. The zero-order chi connectivity index (χ0) is 22.4. The summed E-state index contributed by atoms with van der Waals surface area (Å²) in [6.45, 7) is 3.66. The summed E-state index contributed by atoms with van der Waals surface area (Å²) in [5.41, 5.74) is 2.63. The maximum absolute atomic E-state index is 12.4. The number of ether oxygens (including phenoxy) is 2. The average molecular weight is 424 g/mol. The van der Waals surface area contributed by atoms with Crippen LogP contribution < -0.4 is 10.2 Å². The van der Waals surface area contributed by atoms with Gasteiger partial charge in [0.05, 0.1) is 18.1 Å². The van der Waals surface area contributed by atoms with Gasteiger partial charge in [-0.1, -0.05) is 17.7 Å². The molecule has 1 N–H and O–H groups in total. The van der Waals surface area contributed by atoms with Crippen molar-refractivity contribution in [2.24, 2.45) is 5.92 Å². The smallest absolute Gasteiger partial charge is 0.338 e. The molecule has 0 bridgehead atoms. The van der Waals surface area contributed by atoms with Gasteiger partial charge in [-0.15, -0.1) is 0 Å². The van der Waals surface area contributed by atoms with E-state index in [0.717, 1.165) is 5.56 Å². The van der Waals surface area contributed by atoms with Gasteiger partial charge in [0.25, 0.3) is 5.91 Å². The van der Waals surface area contributed by atoms with Crippen LogP contribution >= 0.6 is 0 Å². The first-order chi connectivity index (χ1) is 14.9. The van der Waals surface area contributed by atoms with Gasteiger partial charge in [-0.05, 0) is 50.2 Å². The first kappa shape index (κ1) is 22.0. The van der Waals surface area contributed by atoms with Gasteiger partial charge in [-0.25, -0.2) is 4.79 Å². The van der Waals surface area contributed by atoms with E-state index in [9.17, 15) is 19.2 Å². The molecule has 0 saturated carbocycles. The Kier molecular flexibility index (Phi) is 7.02. The highest BCUT2D eigenvalue weighted by atomic mass is 16.5. The number of nitrogens with one attached hydrogen (secondary N) is 1. The monoisotopic (exact) mass is 424 g/mol. The number of rotatable bonds is 7. The van der Waals surface area contributed by atoms with Crippen molar-refractivity contribution in [1.82, 2.24) is 0 Å². The number of carbonyl (C=O) groups excluding carboxylic acids is 4. The van der Waals surface area contributed by atoms with Crippen LogP contribution in [0.15, 0.2) is 48.5 Å². The summed E-state index contributed by atoms with van der Waals surface area (Å²) in [6, 6.07) is 13.6. The first-order valence-corrected chi connectivity index (χ1v) is 9.98. The SMILES string of the molecule is CCOC(=O)c1ccc(N2C[C@H](C(=O)OCC(=O)Nc3ccc(C)cc3)CC2=O)cc1. The lowest BCUT2D eigenvalue weighted by Crippen LogP contribution is -2.28. The van der Waals surface area contributed by atoms with Crippen molar-refractivity contribution in [3.63, 3.8) is 0 Å². The Hall–Kier alpha value is -3.68. The molecule has 0 spiro atoms. The van der Waals surface area contributed by atoms with Gasteiger partial charge in [-0.2, -0.15) is 0 Å². The minimum absolute atomic E-state index is 0.00194. The average Bonchev–Trinajstić information content (AvgIpc) is 3.15. The van der Waals surface area contributed by atoms with E-state index in [2.05, 4.69) is 5.32 Å². The lowest BCUT2D eigenvalue weighted by atomic mass is 10.1. The number of benzene rings is 2. The molecule has 31 heavy (non-hydrogen) atoms. The van der Waals surface area contributed by atoms with Gasteiger partial charge < -0.3 is 19.7 Å². The Morgan fingerprint density at radius 3 is 2.35 bits per heavy atom. The van der Waals surface area contributed by atoms with Crippen molar-refractivity contribution in [3.8, 4) is 0 Å². The fourth-order valence-electron chi connectivity index (χ4n) is 3.20. The number of amides is 2. The molecular formula is C23H24N2O6. The van der Waals surface area contributed by atoms with E-state index in [1.165, 1.54) is 4.90 Å². The Labute approximate surface area is 180 Å². The van der Waals surface area contributed by atoms with Gasteiger partial charge in [0.1, 0.15) is 0 Å². The molecule has 3 rings (SSSR count). The summed E-state index contributed by atoms with van der Waals surface area (Å²) in [6.07, 6.45) is -0.00194. The van der Waals surface area contributed by atoms with Crippen molar-refractivity contribution in [2.45, 2.75) is 20.3 Å². The zero-order valence-corrected chi connectivity index (χ0v) is 17.4. The highest BCUT2D eigenvalue weighted by Gasteiger charge is 2.36. The highest BCUT2D eigenvalue weighted by molar-refractivity contribution is 6.00. The third kappa shape index (κ3) is 5.69. The van der Waals surface area contributed by atoms with E-state index in [1.807, 2.05) is 19.1 Å². The Morgan fingerprint density at radius 2 is 1.71 bits per heavy atom. The van der Waals surface area contributed by atoms with E-state index in [1.54, 1.807) is 43.3 Å². The summed E-state index contributed by atoms with van der Waals surface area (Å²) < 4.78 is 10.0. The van der Waals surface area contributed by atoms with Crippen LogP contribution in [-0.2, 0) is 23.9 Å². The zero-order valence-electron chi connectivity index (χ0n) is 17.4. The second kappa shape index (κ2) is 9.88. The minimum Gasteiger partial charge on any atom is -0.462 e. The number of anilines is 2. The molecule has 1 atom stereocenters. The quantitative estimate of drug-likeness (QED) is 0.686. The number of hydrogen-bond acceptors (Lipinski definition) is 6. The van der Waals surface area contributed by atoms with E-state index < -0.39 is 30.4 Å². The summed E-state index contributed by atoms with van der Waals surface area (Å²) in [7, 11) is 0. The molecule has 162 valence electrons. The van der Waals surface area contributed by atoms with E-state index in [4.69, 9.17) is 9.47 Å². The number of esters is 2. The van der Waals surface area contributed by atoms with Crippen LogP contribution in [0.25, 0.3) is 0 Å². The minimum atomic E-state index is -0.663. The molecule has 2 aromatic rings. The lowest BCUT2D eigenvalue weighted by Gasteiger charge is -2.17. The van der Waals surface area contributed by atoms with E-state index >= 15 is 0 Å². The fourth-order valence-corrected chi connectivity index (χ4v) is 3.20. The lowest BCUT2D eigenvalue weighted by molar-refractivity contribution is -0.151. The Morgan fingerprint density at radius 1 is 1.03 bits per heavy atom. The van der Waals surface area contributed by atoms with Gasteiger partial charge in [0, 0.05) is 24.3 Å². The van der Waals surface area contributed by atoms with Crippen LogP contribution in [0.4, 0.5) is 11.4 Å². The molecule has 0 aromatic heterocycles. The van der Waals surface area contributed by atoms with Crippen LogP contribution in [0.5, 0.6) is 0 Å².